The fraction of sp³-hybridized carbons (Fsp3) is 0.300. The Kier molecular flexibility index (Phi) is 3.66. The molecule has 1 aromatic rings. The maximum absolute atomic E-state index is 11.5. The average molecular weight is 242 g/mol. The molecule has 0 fully saturated rings. The summed E-state index contributed by atoms with van der Waals surface area (Å²) in [6.45, 7) is 1.46. The lowest BCUT2D eigenvalue weighted by Crippen LogP contribution is -2.28. The molecule has 0 saturated heterocycles. The molecule has 0 atom stereocenters. The monoisotopic (exact) mass is 242 g/mol. The van der Waals surface area contributed by atoms with Crippen LogP contribution in [0.1, 0.15) is 17.3 Å². The number of nitrogens with zero attached hydrogens (tertiary/aromatic N) is 1. The average Bonchev–Trinajstić information content (AvgIpc) is 2.17. The summed E-state index contributed by atoms with van der Waals surface area (Å²) in [6.07, 6.45) is 0. The van der Waals surface area contributed by atoms with Gasteiger partial charge in [-0.05, 0) is 31.2 Å². The van der Waals surface area contributed by atoms with Crippen molar-refractivity contribution in [3.8, 4) is 0 Å². The Hall–Kier alpha value is -1.40. The number of ketones is 1. The Morgan fingerprint density at radius 1 is 1.19 bits per heavy atom. The van der Waals surface area contributed by atoms with Gasteiger partial charge in [0, 0.05) is 25.3 Å². The van der Waals surface area contributed by atoms with E-state index >= 15 is 0 Å². The van der Waals surface area contributed by atoms with Crippen LogP contribution in [-0.4, -0.2) is 32.6 Å². The lowest BCUT2D eigenvalue weighted by atomic mass is 10.1. The predicted octanol–water partition coefficient (Wildman–Crippen LogP) is 1.11. The van der Waals surface area contributed by atoms with Gasteiger partial charge in [0.15, 0.2) is 5.78 Å². The molecule has 16 heavy (non-hydrogen) atoms. The minimum absolute atomic E-state index is 0.0537. The van der Waals surface area contributed by atoms with Gasteiger partial charge < -0.3 is 0 Å². The highest BCUT2D eigenvalue weighted by molar-refractivity contribution is 7.90. The van der Waals surface area contributed by atoms with Crippen molar-refractivity contribution in [3.05, 3.63) is 29.8 Å². The molecule has 5 nitrogen and oxygen atoms in total. The van der Waals surface area contributed by atoms with Crippen LogP contribution < -0.4 is 4.72 Å². The van der Waals surface area contributed by atoms with Crippen molar-refractivity contribution in [2.24, 2.45) is 0 Å². The summed E-state index contributed by atoms with van der Waals surface area (Å²) in [4.78, 5) is 11.0. The Labute approximate surface area is 95.3 Å². The van der Waals surface area contributed by atoms with E-state index in [1.807, 2.05) is 0 Å². The molecule has 0 amide bonds. The van der Waals surface area contributed by atoms with Crippen LogP contribution in [-0.2, 0) is 10.2 Å². The molecule has 0 aliphatic carbocycles. The van der Waals surface area contributed by atoms with Crippen LogP contribution in [0.25, 0.3) is 0 Å². The highest BCUT2D eigenvalue weighted by Crippen LogP contribution is 2.12. The molecule has 1 N–H and O–H groups in total. The van der Waals surface area contributed by atoms with E-state index in [-0.39, 0.29) is 5.78 Å². The second-order valence-corrected chi connectivity index (χ2v) is 5.41. The van der Waals surface area contributed by atoms with E-state index in [0.717, 1.165) is 4.31 Å². The van der Waals surface area contributed by atoms with Crippen molar-refractivity contribution >= 4 is 21.7 Å². The zero-order valence-electron chi connectivity index (χ0n) is 9.39. The summed E-state index contributed by atoms with van der Waals surface area (Å²) in [7, 11) is -0.612. The van der Waals surface area contributed by atoms with Gasteiger partial charge in [-0.25, -0.2) is 0 Å². The van der Waals surface area contributed by atoms with Gasteiger partial charge in [-0.3, -0.25) is 9.52 Å². The van der Waals surface area contributed by atoms with E-state index < -0.39 is 10.2 Å². The molecule has 6 heteroatoms. The van der Waals surface area contributed by atoms with E-state index in [1.165, 1.54) is 21.0 Å². The molecule has 0 saturated carbocycles. The fourth-order valence-corrected chi connectivity index (χ4v) is 1.63. The molecule has 0 heterocycles. The molecule has 0 aliphatic rings. The van der Waals surface area contributed by atoms with Gasteiger partial charge in [0.05, 0.1) is 0 Å². The standard InChI is InChI=1S/C10H14N2O3S/c1-8(13)9-4-6-10(7-5-9)11-16(14,15)12(2)3/h4-7,11H,1-3H3. The Bertz CT molecular complexity index is 477. The normalized spacial score (nSPS) is 11.5. The van der Waals surface area contributed by atoms with E-state index in [2.05, 4.69) is 4.72 Å². The molecule has 0 aromatic heterocycles. The van der Waals surface area contributed by atoms with Crippen LogP contribution in [0.3, 0.4) is 0 Å². The lowest BCUT2D eigenvalue weighted by Gasteiger charge is -2.13. The minimum atomic E-state index is -3.49. The van der Waals surface area contributed by atoms with E-state index in [0.29, 0.717) is 11.3 Å². The van der Waals surface area contributed by atoms with Crippen LogP contribution in [0, 0.1) is 0 Å². The summed E-state index contributed by atoms with van der Waals surface area (Å²) in [5.74, 6) is -0.0537. The summed E-state index contributed by atoms with van der Waals surface area (Å²) >= 11 is 0. The van der Waals surface area contributed by atoms with Crippen LogP contribution in [0.5, 0.6) is 0 Å². The summed E-state index contributed by atoms with van der Waals surface area (Å²) < 4.78 is 26.4. The fourth-order valence-electron chi connectivity index (χ4n) is 1.01. The van der Waals surface area contributed by atoms with Gasteiger partial charge in [0.25, 0.3) is 0 Å². The number of hydrogen-bond donors (Lipinski definition) is 1. The number of hydrogen-bond acceptors (Lipinski definition) is 3. The first kappa shape index (κ1) is 12.7. The lowest BCUT2D eigenvalue weighted by molar-refractivity contribution is 0.101. The quantitative estimate of drug-likeness (QED) is 0.804. The topological polar surface area (TPSA) is 66.5 Å². The predicted molar refractivity (Wildman–Crippen MR) is 62.7 cm³/mol. The summed E-state index contributed by atoms with van der Waals surface area (Å²) in [6, 6.07) is 6.27. The molecule has 0 spiro atoms. The van der Waals surface area contributed by atoms with Crippen molar-refractivity contribution in [3.63, 3.8) is 0 Å². The highest BCUT2D eigenvalue weighted by Gasteiger charge is 2.12. The molecule has 1 rings (SSSR count). The smallest absolute Gasteiger partial charge is 0.295 e. The van der Waals surface area contributed by atoms with Gasteiger partial charge in [0.2, 0.25) is 0 Å². The maximum atomic E-state index is 11.5. The molecule has 1 aromatic carbocycles. The Morgan fingerprint density at radius 2 is 1.69 bits per heavy atom. The third-order valence-corrected chi connectivity index (χ3v) is 3.47. The number of carbonyl (C=O) groups is 1. The molecule has 0 radical (unpaired) electrons. The Morgan fingerprint density at radius 3 is 2.06 bits per heavy atom. The van der Waals surface area contributed by atoms with Crippen molar-refractivity contribution in [1.82, 2.24) is 4.31 Å². The van der Waals surface area contributed by atoms with E-state index in [9.17, 15) is 13.2 Å². The maximum Gasteiger partial charge on any atom is 0.301 e. The van der Waals surface area contributed by atoms with Gasteiger partial charge in [-0.1, -0.05) is 0 Å². The zero-order chi connectivity index (χ0) is 12.3. The minimum Gasteiger partial charge on any atom is -0.295 e. The summed E-state index contributed by atoms with van der Waals surface area (Å²) in [5.41, 5.74) is 0.978. The van der Waals surface area contributed by atoms with Crippen molar-refractivity contribution < 1.29 is 13.2 Å². The van der Waals surface area contributed by atoms with Gasteiger partial charge >= 0.3 is 10.2 Å². The number of benzene rings is 1. The molecule has 0 aliphatic heterocycles. The van der Waals surface area contributed by atoms with Gasteiger partial charge in [-0.2, -0.15) is 12.7 Å². The molecule has 88 valence electrons. The molecule has 0 bridgehead atoms. The van der Waals surface area contributed by atoms with Crippen LogP contribution >= 0.6 is 0 Å². The first-order valence-electron chi connectivity index (χ1n) is 4.64. The largest absolute Gasteiger partial charge is 0.301 e. The van der Waals surface area contributed by atoms with Gasteiger partial charge in [0.1, 0.15) is 0 Å². The van der Waals surface area contributed by atoms with Crippen molar-refractivity contribution in [1.29, 1.82) is 0 Å². The number of Topliss-reactive ketones (excluding diaryl/α,β-unsaturated/α-hetero) is 1. The molecular weight excluding hydrogens is 228 g/mol. The zero-order valence-corrected chi connectivity index (χ0v) is 10.2. The van der Waals surface area contributed by atoms with Crippen LogP contribution in [0.2, 0.25) is 0 Å². The number of anilines is 1. The third kappa shape index (κ3) is 3.04. The van der Waals surface area contributed by atoms with Gasteiger partial charge in [-0.15, -0.1) is 0 Å². The third-order valence-electron chi connectivity index (χ3n) is 2.02. The van der Waals surface area contributed by atoms with Crippen molar-refractivity contribution in [2.45, 2.75) is 6.92 Å². The van der Waals surface area contributed by atoms with Crippen LogP contribution in [0.15, 0.2) is 24.3 Å². The highest BCUT2D eigenvalue weighted by atomic mass is 32.2. The van der Waals surface area contributed by atoms with E-state index in [4.69, 9.17) is 0 Å². The second-order valence-electron chi connectivity index (χ2n) is 3.52. The molecular formula is C10H14N2O3S. The number of carbonyl (C=O) groups excluding carboxylic acids is 1. The first-order chi connectivity index (χ1) is 7.33. The molecule has 0 unspecified atom stereocenters. The summed E-state index contributed by atoms with van der Waals surface area (Å²) in [5, 5.41) is 0. The number of rotatable bonds is 4. The Balaban J connectivity index is 2.89. The SMILES string of the molecule is CC(=O)c1ccc(NS(=O)(=O)N(C)C)cc1. The second kappa shape index (κ2) is 4.63. The number of nitrogens with one attached hydrogen (secondary N) is 1. The first-order valence-corrected chi connectivity index (χ1v) is 6.08. The van der Waals surface area contributed by atoms with Crippen molar-refractivity contribution in [2.75, 3.05) is 18.8 Å². The van der Waals surface area contributed by atoms with E-state index in [1.54, 1.807) is 24.3 Å². The van der Waals surface area contributed by atoms with Crippen LogP contribution in [0.4, 0.5) is 5.69 Å².